The Morgan fingerprint density at radius 3 is 2.77 bits per heavy atom. The quantitative estimate of drug-likeness (QED) is 0.583. The maximum absolute atomic E-state index is 11.1. The monoisotopic (exact) mass is 186 g/mol. The van der Waals surface area contributed by atoms with E-state index in [1.807, 2.05) is 0 Å². The van der Waals surface area contributed by atoms with E-state index in [1.54, 1.807) is 0 Å². The highest BCUT2D eigenvalue weighted by Gasteiger charge is 2.27. The summed E-state index contributed by atoms with van der Waals surface area (Å²) in [5.74, 6) is -0.461. The van der Waals surface area contributed by atoms with Gasteiger partial charge in [-0.1, -0.05) is 0 Å². The van der Waals surface area contributed by atoms with Crippen molar-refractivity contribution in [1.29, 1.82) is 0 Å². The van der Waals surface area contributed by atoms with Crippen LogP contribution in [0.5, 0.6) is 0 Å². The fourth-order valence-corrected chi connectivity index (χ4v) is 1.54. The first-order valence-electron chi connectivity index (χ1n) is 4.27. The summed E-state index contributed by atoms with van der Waals surface area (Å²) in [6, 6.07) is -0.464. The van der Waals surface area contributed by atoms with E-state index in [1.165, 1.54) is 12.0 Å². The summed E-state index contributed by atoms with van der Waals surface area (Å²) in [5.41, 5.74) is 5.11. The van der Waals surface area contributed by atoms with Crippen LogP contribution in [0.25, 0.3) is 0 Å². The molecule has 0 saturated carbocycles. The lowest BCUT2D eigenvalue weighted by molar-refractivity contribution is -0.146. The molecule has 0 aromatic carbocycles. The largest absolute Gasteiger partial charge is 0.469 e. The van der Waals surface area contributed by atoms with Gasteiger partial charge in [0.15, 0.2) is 0 Å². The molecule has 13 heavy (non-hydrogen) atoms. The van der Waals surface area contributed by atoms with Gasteiger partial charge in [0.25, 0.3) is 0 Å². The van der Waals surface area contributed by atoms with Crippen molar-refractivity contribution < 1.29 is 14.3 Å². The number of carbonyl (C=O) groups is 2. The van der Waals surface area contributed by atoms with Crippen LogP contribution in [0.15, 0.2) is 0 Å². The van der Waals surface area contributed by atoms with E-state index in [-0.39, 0.29) is 11.9 Å². The van der Waals surface area contributed by atoms with Crippen molar-refractivity contribution in [3.63, 3.8) is 0 Å². The van der Waals surface area contributed by atoms with E-state index in [0.717, 1.165) is 12.8 Å². The van der Waals surface area contributed by atoms with Gasteiger partial charge < -0.3 is 15.4 Å². The second kappa shape index (κ2) is 4.11. The Kier molecular flexibility index (Phi) is 3.11. The smallest absolute Gasteiger partial charge is 0.314 e. The predicted octanol–water partition coefficient (Wildman–Crippen LogP) is -0.0499. The van der Waals surface area contributed by atoms with Crippen molar-refractivity contribution >= 4 is 12.0 Å². The lowest BCUT2D eigenvalue weighted by Crippen LogP contribution is -2.45. The molecule has 0 unspecified atom stereocenters. The van der Waals surface area contributed by atoms with E-state index in [0.29, 0.717) is 13.1 Å². The number of nitrogens with two attached hydrogens (primary N) is 1. The number of carbonyl (C=O) groups excluding carboxylic acids is 2. The molecule has 2 amide bonds. The fourth-order valence-electron chi connectivity index (χ4n) is 1.54. The summed E-state index contributed by atoms with van der Waals surface area (Å²) in [7, 11) is 1.35. The van der Waals surface area contributed by atoms with Crippen LogP contribution in [0.4, 0.5) is 4.79 Å². The first kappa shape index (κ1) is 9.83. The zero-order valence-electron chi connectivity index (χ0n) is 7.66. The predicted molar refractivity (Wildman–Crippen MR) is 45.9 cm³/mol. The first-order chi connectivity index (χ1) is 6.15. The number of methoxy groups -OCH3 is 1. The Bertz CT molecular complexity index is 217. The molecule has 0 bridgehead atoms. The van der Waals surface area contributed by atoms with Gasteiger partial charge >= 0.3 is 12.0 Å². The molecule has 1 atom stereocenters. The van der Waals surface area contributed by atoms with Gasteiger partial charge in [0.1, 0.15) is 0 Å². The lowest BCUT2D eigenvalue weighted by atomic mass is 9.99. The number of likely N-dealkylation sites (tertiary alicyclic amines) is 1. The van der Waals surface area contributed by atoms with E-state index in [4.69, 9.17) is 5.73 Å². The van der Waals surface area contributed by atoms with Crippen LogP contribution in [0, 0.1) is 5.92 Å². The van der Waals surface area contributed by atoms with Gasteiger partial charge in [-0.2, -0.15) is 0 Å². The van der Waals surface area contributed by atoms with Gasteiger partial charge in [-0.05, 0) is 12.8 Å². The minimum absolute atomic E-state index is 0.203. The summed E-state index contributed by atoms with van der Waals surface area (Å²) < 4.78 is 4.60. The number of primary amides is 1. The molecule has 0 aliphatic carbocycles. The van der Waals surface area contributed by atoms with Crippen molar-refractivity contribution in [1.82, 2.24) is 4.90 Å². The molecule has 5 heteroatoms. The molecule has 1 heterocycles. The Morgan fingerprint density at radius 1 is 1.54 bits per heavy atom. The van der Waals surface area contributed by atoms with E-state index >= 15 is 0 Å². The van der Waals surface area contributed by atoms with Crippen LogP contribution in [-0.2, 0) is 9.53 Å². The van der Waals surface area contributed by atoms with Gasteiger partial charge in [-0.3, -0.25) is 4.79 Å². The number of hydrogen-bond donors (Lipinski definition) is 1. The Balaban J connectivity index is 2.51. The summed E-state index contributed by atoms with van der Waals surface area (Å²) in [5, 5.41) is 0. The Labute approximate surface area is 76.8 Å². The molecule has 5 nitrogen and oxygen atoms in total. The average Bonchev–Trinajstić information content (AvgIpc) is 2.17. The summed E-state index contributed by atoms with van der Waals surface area (Å²) in [6.45, 7) is 1.03. The summed E-state index contributed by atoms with van der Waals surface area (Å²) >= 11 is 0. The standard InChI is InChI=1S/C8H14N2O3/c1-13-7(11)6-3-2-4-10(5-6)8(9)12/h6H,2-5H2,1H3,(H2,9,12)/t6-/m0/s1. The van der Waals surface area contributed by atoms with Crippen LogP contribution in [0.2, 0.25) is 0 Å². The van der Waals surface area contributed by atoms with Crippen LogP contribution in [0.1, 0.15) is 12.8 Å². The minimum atomic E-state index is -0.464. The summed E-state index contributed by atoms with van der Waals surface area (Å²) in [6.07, 6.45) is 1.58. The third kappa shape index (κ3) is 2.34. The third-order valence-electron chi connectivity index (χ3n) is 2.27. The number of piperidine rings is 1. The third-order valence-corrected chi connectivity index (χ3v) is 2.27. The number of urea groups is 1. The number of rotatable bonds is 1. The maximum atomic E-state index is 11.1. The van der Waals surface area contributed by atoms with Gasteiger partial charge in [-0.25, -0.2) is 4.79 Å². The van der Waals surface area contributed by atoms with Crippen molar-refractivity contribution in [2.24, 2.45) is 11.7 Å². The molecule has 0 aromatic rings. The van der Waals surface area contributed by atoms with Crippen LogP contribution in [-0.4, -0.2) is 37.1 Å². The molecule has 74 valence electrons. The molecule has 0 spiro atoms. The van der Waals surface area contributed by atoms with Crippen LogP contribution < -0.4 is 5.73 Å². The molecule has 0 aromatic heterocycles. The average molecular weight is 186 g/mol. The molecule has 1 saturated heterocycles. The Hall–Kier alpha value is -1.26. The second-order valence-corrected chi connectivity index (χ2v) is 3.15. The molecule has 1 fully saturated rings. The molecule has 1 aliphatic rings. The molecule has 0 radical (unpaired) electrons. The fraction of sp³-hybridized carbons (Fsp3) is 0.750. The molecule has 2 N–H and O–H groups in total. The second-order valence-electron chi connectivity index (χ2n) is 3.15. The number of nitrogens with zero attached hydrogens (tertiary/aromatic N) is 1. The number of esters is 1. The maximum Gasteiger partial charge on any atom is 0.314 e. The van der Waals surface area contributed by atoms with Crippen molar-refractivity contribution in [3.8, 4) is 0 Å². The lowest BCUT2D eigenvalue weighted by Gasteiger charge is -2.29. The molecule has 1 aliphatic heterocycles. The topological polar surface area (TPSA) is 72.6 Å². The highest BCUT2D eigenvalue weighted by molar-refractivity contribution is 5.76. The molecular weight excluding hydrogens is 172 g/mol. The van der Waals surface area contributed by atoms with Gasteiger partial charge in [-0.15, -0.1) is 0 Å². The van der Waals surface area contributed by atoms with Crippen molar-refractivity contribution in [2.75, 3.05) is 20.2 Å². The van der Waals surface area contributed by atoms with Gasteiger partial charge in [0.2, 0.25) is 0 Å². The van der Waals surface area contributed by atoms with Gasteiger partial charge in [0.05, 0.1) is 13.0 Å². The van der Waals surface area contributed by atoms with Crippen LogP contribution in [0.3, 0.4) is 0 Å². The SMILES string of the molecule is COC(=O)[C@H]1CCCN(C(N)=O)C1. The molecular formula is C8H14N2O3. The van der Waals surface area contributed by atoms with E-state index in [2.05, 4.69) is 4.74 Å². The Morgan fingerprint density at radius 2 is 2.23 bits per heavy atom. The zero-order valence-corrected chi connectivity index (χ0v) is 7.66. The zero-order chi connectivity index (χ0) is 9.84. The first-order valence-corrected chi connectivity index (χ1v) is 4.27. The highest BCUT2D eigenvalue weighted by Crippen LogP contribution is 2.16. The van der Waals surface area contributed by atoms with Gasteiger partial charge in [0, 0.05) is 13.1 Å². The van der Waals surface area contributed by atoms with Crippen LogP contribution >= 0.6 is 0 Å². The number of amides is 2. The van der Waals surface area contributed by atoms with E-state index in [9.17, 15) is 9.59 Å². The number of hydrogen-bond acceptors (Lipinski definition) is 3. The minimum Gasteiger partial charge on any atom is -0.469 e. The highest BCUT2D eigenvalue weighted by atomic mass is 16.5. The van der Waals surface area contributed by atoms with Crippen molar-refractivity contribution in [3.05, 3.63) is 0 Å². The van der Waals surface area contributed by atoms with E-state index < -0.39 is 6.03 Å². The number of ether oxygens (including phenoxy) is 1. The summed E-state index contributed by atoms with van der Waals surface area (Å²) in [4.78, 5) is 23.4. The molecule has 1 rings (SSSR count). The van der Waals surface area contributed by atoms with Crippen molar-refractivity contribution in [2.45, 2.75) is 12.8 Å². The normalized spacial score (nSPS) is 22.5.